The van der Waals surface area contributed by atoms with E-state index in [0.29, 0.717) is 23.2 Å². The van der Waals surface area contributed by atoms with E-state index in [9.17, 15) is 4.79 Å². The van der Waals surface area contributed by atoms with E-state index in [1.807, 2.05) is 26.8 Å². The Bertz CT molecular complexity index is 948. The van der Waals surface area contributed by atoms with E-state index in [0.717, 1.165) is 17.9 Å². The van der Waals surface area contributed by atoms with Gasteiger partial charge in [0.15, 0.2) is 8.24 Å². The Morgan fingerprint density at radius 2 is 1.61 bits per heavy atom. The summed E-state index contributed by atoms with van der Waals surface area (Å²) in [6, 6.07) is 4.15. The summed E-state index contributed by atoms with van der Waals surface area (Å²) in [5.41, 5.74) is 4.63. The van der Waals surface area contributed by atoms with Crippen LogP contribution in [0.2, 0.25) is 16.6 Å². The van der Waals surface area contributed by atoms with Crippen LogP contribution < -0.4 is 9.64 Å². The largest absolute Gasteiger partial charge is 0.497 e. The third-order valence-electron chi connectivity index (χ3n) is 6.87. The number of nitrogens with zero attached hydrogens (tertiary/aromatic N) is 2. The third kappa shape index (κ3) is 3.88. The number of ether oxygens (including phenoxy) is 2. The van der Waals surface area contributed by atoms with Gasteiger partial charge in [-0.25, -0.2) is 4.79 Å². The van der Waals surface area contributed by atoms with Crippen LogP contribution in [-0.4, -0.2) is 37.8 Å². The molecule has 0 unspecified atom stereocenters. The Labute approximate surface area is 188 Å². The highest BCUT2D eigenvalue weighted by atomic mass is 28.3. The number of methoxy groups -OCH3 is 1. The molecule has 172 valence electrons. The van der Waals surface area contributed by atoms with Crippen LogP contribution in [0.1, 0.15) is 67.9 Å². The zero-order valence-corrected chi connectivity index (χ0v) is 22.0. The zero-order valence-electron chi connectivity index (χ0n) is 21.0. The van der Waals surface area contributed by atoms with Crippen molar-refractivity contribution in [1.29, 1.82) is 0 Å². The molecule has 2 heterocycles. The summed E-state index contributed by atoms with van der Waals surface area (Å²) in [6.07, 6.45) is 2.94. The van der Waals surface area contributed by atoms with E-state index < -0.39 is 13.8 Å². The molecule has 1 aliphatic rings. The summed E-state index contributed by atoms with van der Waals surface area (Å²) < 4.78 is 14.1. The summed E-state index contributed by atoms with van der Waals surface area (Å²) in [5.74, 6) is 0.781. The van der Waals surface area contributed by atoms with Crippen LogP contribution in [0.4, 0.5) is 10.5 Å². The Kier molecular flexibility index (Phi) is 6.26. The van der Waals surface area contributed by atoms with Crippen molar-refractivity contribution < 1.29 is 14.3 Å². The zero-order chi connectivity index (χ0) is 23.3. The smallest absolute Gasteiger partial charge is 0.414 e. The quantitative estimate of drug-likeness (QED) is 0.468. The van der Waals surface area contributed by atoms with Crippen LogP contribution in [0.3, 0.4) is 0 Å². The van der Waals surface area contributed by atoms with Gasteiger partial charge < -0.3 is 13.7 Å². The van der Waals surface area contributed by atoms with Gasteiger partial charge in [0.05, 0.1) is 12.8 Å². The number of carbonyl (C=O) groups is 1. The molecule has 6 heteroatoms. The van der Waals surface area contributed by atoms with Crippen molar-refractivity contribution in [2.75, 3.05) is 18.6 Å². The molecule has 0 atom stereocenters. The van der Waals surface area contributed by atoms with Gasteiger partial charge >= 0.3 is 6.09 Å². The van der Waals surface area contributed by atoms with Gasteiger partial charge in [0.25, 0.3) is 0 Å². The molecule has 1 aromatic heterocycles. The molecule has 0 spiro atoms. The average Bonchev–Trinajstić information content (AvgIpc) is 2.99. The molecule has 1 amide bonds. The third-order valence-corrected chi connectivity index (χ3v) is 13.6. The molecule has 0 N–H and O–H groups in total. The summed E-state index contributed by atoms with van der Waals surface area (Å²) in [7, 11) is -0.260. The lowest BCUT2D eigenvalue weighted by molar-refractivity contribution is 0.0580. The van der Waals surface area contributed by atoms with Crippen LogP contribution in [0, 0.1) is 0 Å². The molecular formula is C25H40N2O3Si. The second kappa shape index (κ2) is 8.19. The molecule has 0 saturated heterocycles. The van der Waals surface area contributed by atoms with Gasteiger partial charge in [-0.15, -0.1) is 0 Å². The maximum Gasteiger partial charge on any atom is 0.414 e. The Morgan fingerprint density at radius 3 is 2.10 bits per heavy atom. The van der Waals surface area contributed by atoms with E-state index >= 15 is 0 Å². The molecule has 1 aromatic carbocycles. The minimum Gasteiger partial charge on any atom is -0.497 e. The summed E-state index contributed by atoms with van der Waals surface area (Å²) in [5, 5.41) is 1.18. The molecule has 0 bridgehead atoms. The highest BCUT2D eigenvalue weighted by Gasteiger charge is 2.46. The van der Waals surface area contributed by atoms with Crippen molar-refractivity contribution in [2.24, 2.45) is 0 Å². The minimum absolute atomic E-state index is 0.291. The summed E-state index contributed by atoms with van der Waals surface area (Å²) in [6.45, 7) is 20.6. The monoisotopic (exact) mass is 444 g/mol. The second-order valence-electron chi connectivity index (χ2n) is 10.8. The lowest BCUT2D eigenvalue weighted by Gasteiger charge is -2.44. The number of aromatic nitrogens is 1. The average molecular weight is 445 g/mol. The number of anilines is 1. The van der Waals surface area contributed by atoms with Gasteiger partial charge in [-0.05, 0) is 55.6 Å². The Morgan fingerprint density at radius 1 is 1.03 bits per heavy atom. The minimum atomic E-state index is -1.96. The number of carbonyl (C=O) groups excluding carboxylic acids is 1. The normalized spacial score (nSPS) is 14.8. The number of amides is 1. The van der Waals surface area contributed by atoms with Gasteiger partial charge in [-0.1, -0.05) is 41.5 Å². The first-order valence-electron chi connectivity index (χ1n) is 11.6. The van der Waals surface area contributed by atoms with Crippen molar-refractivity contribution in [1.82, 2.24) is 4.23 Å². The molecule has 3 rings (SSSR count). The molecule has 0 aliphatic carbocycles. The van der Waals surface area contributed by atoms with Gasteiger partial charge in [0.1, 0.15) is 11.4 Å². The summed E-state index contributed by atoms with van der Waals surface area (Å²) >= 11 is 0. The Balaban J connectivity index is 2.30. The standard InChI is InChI=1S/C25H40N2O3Si/c1-16(2)31(17(3)4,18(5)6)27-15-19-11-12-26(24(28)30-25(7,8)9)21-13-20(29-10)14-22(27)23(19)21/h13-18H,11-12H2,1-10H3. The predicted octanol–water partition coefficient (Wildman–Crippen LogP) is 6.97. The fraction of sp³-hybridized carbons (Fsp3) is 0.640. The van der Waals surface area contributed by atoms with E-state index in [4.69, 9.17) is 9.47 Å². The first-order chi connectivity index (χ1) is 14.3. The molecule has 1 aliphatic heterocycles. The number of hydrogen-bond donors (Lipinski definition) is 0. The highest BCUT2D eigenvalue weighted by molar-refractivity contribution is 6.82. The van der Waals surface area contributed by atoms with E-state index in [1.54, 1.807) is 12.0 Å². The van der Waals surface area contributed by atoms with E-state index in [2.05, 4.69) is 58.0 Å². The maximum atomic E-state index is 13.1. The Hall–Kier alpha value is -1.95. The molecule has 2 aromatic rings. The molecule has 5 nitrogen and oxygen atoms in total. The molecular weight excluding hydrogens is 404 g/mol. The lowest BCUT2D eigenvalue weighted by atomic mass is 10.0. The van der Waals surface area contributed by atoms with Crippen LogP contribution in [0.5, 0.6) is 5.75 Å². The first-order valence-corrected chi connectivity index (χ1v) is 13.7. The molecule has 0 fully saturated rings. The van der Waals surface area contributed by atoms with Crippen LogP contribution in [0.25, 0.3) is 10.9 Å². The number of rotatable bonds is 5. The van der Waals surface area contributed by atoms with Crippen molar-refractivity contribution >= 4 is 30.9 Å². The first kappa shape index (κ1) is 23.7. The van der Waals surface area contributed by atoms with Gasteiger partial charge in [-0.3, -0.25) is 4.90 Å². The second-order valence-corrected chi connectivity index (χ2v) is 16.5. The van der Waals surface area contributed by atoms with Gasteiger partial charge in [-0.2, -0.15) is 0 Å². The fourth-order valence-electron chi connectivity index (χ4n) is 5.93. The lowest BCUT2D eigenvalue weighted by Crippen LogP contribution is -2.51. The van der Waals surface area contributed by atoms with Crippen LogP contribution in [-0.2, 0) is 11.2 Å². The van der Waals surface area contributed by atoms with Gasteiger partial charge in [0, 0.05) is 29.6 Å². The highest BCUT2D eigenvalue weighted by Crippen LogP contribution is 2.48. The summed E-state index contributed by atoms with van der Waals surface area (Å²) in [4.78, 5) is 14.8. The number of benzene rings is 1. The van der Waals surface area contributed by atoms with Crippen molar-refractivity contribution in [3.63, 3.8) is 0 Å². The SMILES string of the molecule is COc1cc2c3c(cn([Si](C(C)C)(C(C)C)C(C)C)c3c1)CCN2C(=O)OC(C)(C)C. The van der Waals surface area contributed by atoms with Crippen LogP contribution >= 0.6 is 0 Å². The van der Waals surface area contributed by atoms with E-state index in [-0.39, 0.29) is 6.09 Å². The maximum absolute atomic E-state index is 13.1. The van der Waals surface area contributed by atoms with E-state index in [1.165, 1.54) is 16.5 Å². The topological polar surface area (TPSA) is 43.7 Å². The fourth-order valence-corrected chi connectivity index (χ4v) is 12.6. The molecule has 31 heavy (non-hydrogen) atoms. The number of hydrogen-bond acceptors (Lipinski definition) is 3. The van der Waals surface area contributed by atoms with Crippen LogP contribution in [0.15, 0.2) is 18.3 Å². The van der Waals surface area contributed by atoms with Crippen molar-refractivity contribution in [3.8, 4) is 5.75 Å². The van der Waals surface area contributed by atoms with Gasteiger partial charge in [0.2, 0.25) is 0 Å². The molecule has 0 radical (unpaired) electrons. The van der Waals surface area contributed by atoms with Crippen molar-refractivity contribution in [3.05, 3.63) is 23.9 Å². The molecule has 0 saturated carbocycles. The predicted molar refractivity (Wildman–Crippen MR) is 132 cm³/mol. The van der Waals surface area contributed by atoms with Crippen molar-refractivity contribution in [2.45, 2.75) is 91.0 Å².